The molecule has 12 heteroatoms. The van der Waals surface area contributed by atoms with Crippen LogP contribution in [0.15, 0.2) is 45.8 Å². The zero-order chi connectivity index (χ0) is 26.8. The van der Waals surface area contributed by atoms with E-state index in [-0.39, 0.29) is 22.8 Å². The summed E-state index contributed by atoms with van der Waals surface area (Å²) in [6.45, 7) is 4.40. The number of aromatic nitrogens is 2. The quantitative estimate of drug-likeness (QED) is 0.450. The molecule has 0 saturated heterocycles. The molecule has 1 aliphatic carbocycles. The predicted molar refractivity (Wildman–Crippen MR) is 124 cm³/mol. The average Bonchev–Trinajstić information content (AvgIpc) is 2.79. The largest absolute Gasteiger partial charge is 0.480 e. The van der Waals surface area contributed by atoms with Gasteiger partial charge in [-0.1, -0.05) is 18.5 Å². The lowest BCUT2D eigenvalue weighted by atomic mass is 10.0. The Balaban J connectivity index is 2.15. The van der Waals surface area contributed by atoms with Crippen molar-refractivity contribution in [3.8, 4) is 17.0 Å². The van der Waals surface area contributed by atoms with E-state index in [0.29, 0.717) is 38.1 Å². The van der Waals surface area contributed by atoms with Gasteiger partial charge in [-0.15, -0.1) is 0 Å². The van der Waals surface area contributed by atoms with Gasteiger partial charge in [0.25, 0.3) is 11.5 Å². The third-order valence-corrected chi connectivity index (χ3v) is 5.71. The summed E-state index contributed by atoms with van der Waals surface area (Å²) >= 11 is 5.99. The molecule has 1 amide bonds. The second-order valence-corrected chi connectivity index (χ2v) is 8.64. The molecule has 2 aromatic rings. The predicted octanol–water partition coefficient (Wildman–Crippen LogP) is 5.92. The first-order valence-corrected chi connectivity index (χ1v) is 11.4. The van der Waals surface area contributed by atoms with E-state index in [1.54, 1.807) is 6.92 Å². The first-order chi connectivity index (χ1) is 16.8. The molecule has 1 aliphatic rings. The Kier molecular flexibility index (Phi) is 8.22. The summed E-state index contributed by atoms with van der Waals surface area (Å²) in [6.07, 6.45) is -3.44. The van der Waals surface area contributed by atoms with Crippen molar-refractivity contribution in [2.75, 3.05) is 0 Å². The van der Waals surface area contributed by atoms with Crippen LogP contribution in [-0.2, 0) is 6.54 Å². The monoisotopic (exact) mass is 531 g/mol. The highest BCUT2D eigenvalue weighted by molar-refractivity contribution is 6.30. The molecule has 1 aromatic carbocycles. The number of carbonyl (C=O) groups excluding carboxylic acids is 1. The molecule has 0 spiro atoms. The summed E-state index contributed by atoms with van der Waals surface area (Å²) in [5.74, 6) is -3.76. The molecule has 0 aliphatic heterocycles. The normalized spacial score (nSPS) is 15.0. The van der Waals surface area contributed by atoms with Crippen molar-refractivity contribution in [3.05, 3.63) is 68.4 Å². The Hall–Kier alpha value is -3.21. The second-order valence-electron chi connectivity index (χ2n) is 8.18. The van der Waals surface area contributed by atoms with Gasteiger partial charge in [0.05, 0.1) is 17.0 Å². The van der Waals surface area contributed by atoms with Gasteiger partial charge in [-0.2, -0.15) is 13.2 Å². The highest BCUT2D eigenvalue weighted by atomic mass is 35.5. The number of ether oxygens (including phenoxy) is 1. The third kappa shape index (κ3) is 5.95. The number of allylic oxidation sites excluding steroid dienone is 3. The number of rotatable bonds is 7. The Labute approximate surface area is 208 Å². The summed E-state index contributed by atoms with van der Waals surface area (Å²) in [7, 11) is 0. The third-order valence-electron chi connectivity index (χ3n) is 5.33. The number of nitrogens with one attached hydrogen (secondary N) is 1. The lowest BCUT2D eigenvalue weighted by Crippen LogP contribution is -2.33. The van der Waals surface area contributed by atoms with Crippen molar-refractivity contribution in [1.29, 1.82) is 0 Å². The van der Waals surface area contributed by atoms with Crippen LogP contribution in [0.5, 0.6) is 5.75 Å². The van der Waals surface area contributed by atoms with Crippen LogP contribution in [0.1, 0.15) is 49.2 Å². The molecule has 36 heavy (non-hydrogen) atoms. The van der Waals surface area contributed by atoms with E-state index in [0.717, 1.165) is 6.07 Å². The van der Waals surface area contributed by atoms with Crippen LogP contribution in [0.4, 0.5) is 22.0 Å². The molecule has 194 valence electrons. The summed E-state index contributed by atoms with van der Waals surface area (Å²) in [5, 5.41) is 2.17. The van der Waals surface area contributed by atoms with Crippen LogP contribution < -0.4 is 15.6 Å². The highest BCUT2D eigenvalue weighted by Gasteiger charge is 2.39. The van der Waals surface area contributed by atoms with Gasteiger partial charge in [0.2, 0.25) is 0 Å². The van der Waals surface area contributed by atoms with E-state index in [1.807, 2.05) is 6.92 Å². The van der Waals surface area contributed by atoms with Gasteiger partial charge >= 0.3 is 6.18 Å². The summed E-state index contributed by atoms with van der Waals surface area (Å²) < 4.78 is 75.5. The van der Waals surface area contributed by atoms with Crippen LogP contribution in [0, 0.1) is 12.7 Å². The molecular formula is C24H23ClF5N3O3. The van der Waals surface area contributed by atoms with Crippen molar-refractivity contribution in [2.24, 2.45) is 0 Å². The fraction of sp³-hybridized carbons (Fsp3) is 0.375. The molecule has 1 aromatic heterocycles. The van der Waals surface area contributed by atoms with Gasteiger partial charge in [0, 0.05) is 23.3 Å². The average molecular weight is 532 g/mol. The maximum atomic E-state index is 15.2. The van der Waals surface area contributed by atoms with Gasteiger partial charge in [0.15, 0.2) is 6.10 Å². The number of carbonyl (C=O) groups is 1. The van der Waals surface area contributed by atoms with E-state index in [1.165, 1.54) is 16.8 Å². The Morgan fingerprint density at radius 1 is 1.31 bits per heavy atom. The molecule has 3 rings (SSSR count). The molecule has 1 heterocycles. The second kappa shape index (κ2) is 10.8. The summed E-state index contributed by atoms with van der Waals surface area (Å²) in [4.78, 5) is 29.9. The number of aryl methyl sites for hydroxylation is 2. The smallest absolute Gasteiger partial charge is 0.425 e. The molecule has 1 atom stereocenters. The Bertz CT molecular complexity index is 1300. The van der Waals surface area contributed by atoms with Crippen LogP contribution >= 0.6 is 11.6 Å². The number of amides is 1. The van der Waals surface area contributed by atoms with Crippen LogP contribution in [0.3, 0.4) is 0 Å². The van der Waals surface area contributed by atoms with Gasteiger partial charge < -0.3 is 14.6 Å². The zero-order valence-electron chi connectivity index (χ0n) is 19.6. The van der Waals surface area contributed by atoms with E-state index in [4.69, 9.17) is 16.3 Å². The number of hydrogen-bond donors (Lipinski definition) is 1. The topological polar surface area (TPSA) is 73.2 Å². The molecule has 1 N–H and O–H groups in total. The Morgan fingerprint density at radius 2 is 2.00 bits per heavy atom. The summed E-state index contributed by atoms with van der Waals surface area (Å²) in [6, 6.07) is 1.44. The molecule has 0 fully saturated rings. The SMILES string of the molecule is CCCn1cc(C)nc(-c2cc(O[C@@H](C)C(F)(F)F)c(C(=O)NC3=C(Cl)CCC=C3F)cc2F)c1=O. The first-order valence-electron chi connectivity index (χ1n) is 11.0. The molecular weight excluding hydrogens is 509 g/mol. The number of nitrogens with zero attached hydrogens (tertiary/aromatic N) is 2. The highest BCUT2D eigenvalue weighted by Crippen LogP contribution is 2.33. The first kappa shape index (κ1) is 27.4. The van der Waals surface area contributed by atoms with E-state index in [9.17, 15) is 27.2 Å². The fourth-order valence-corrected chi connectivity index (χ4v) is 3.76. The van der Waals surface area contributed by atoms with Crippen molar-refractivity contribution in [2.45, 2.75) is 58.9 Å². The maximum Gasteiger partial charge on any atom is 0.425 e. The Morgan fingerprint density at radius 3 is 2.61 bits per heavy atom. The molecule has 0 bridgehead atoms. The van der Waals surface area contributed by atoms with Gasteiger partial charge in [-0.25, -0.2) is 13.8 Å². The molecule has 0 radical (unpaired) electrons. The lowest BCUT2D eigenvalue weighted by Gasteiger charge is -2.21. The van der Waals surface area contributed by atoms with Crippen molar-refractivity contribution >= 4 is 17.5 Å². The van der Waals surface area contributed by atoms with Crippen molar-refractivity contribution in [1.82, 2.24) is 14.9 Å². The van der Waals surface area contributed by atoms with Gasteiger partial charge in [-0.05, 0) is 51.3 Å². The van der Waals surface area contributed by atoms with Crippen LogP contribution in [0.2, 0.25) is 0 Å². The minimum absolute atomic E-state index is 0.00740. The van der Waals surface area contributed by atoms with Gasteiger partial charge in [0.1, 0.15) is 23.1 Å². The van der Waals surface area contributed by atoms with Gasteiger partial charge in [-0.3, -0.25) is 9.59 Å². The summed E-state index contributed by atoms with van der Waals surface area (Å²) in [5.41, 5.74) is -2.12. The minimum atomic E-state index is -4.82. The number of hydrogen-bond acceptors (Lipinski definition) is 4. The standard InChI is InChI=1S/C24H23ClF5N3O3/c1-4-8-33-11-12(2)31-20(23(33)35)14-10-19(36-13(3)24(28,29)30)15(9-18(14)27)22(34)32-21-16(25)6-5-7-17(21)26/h7,9-11,13H,4-6,8H2,1-3H3,(H,32,34)/t13-/m0/s1. The van der Waals surface area contributed by atoms with Crippen molar-refractivity contribution in [3.63, 3.8) is 0 Å². The fourth-order valence-electron chi connectivity index (χ4n) is 3.51. The van der Waals surface area contributed by atoms with Crippen LogP contribution in [0.25, 0.3) is 11.3 Å². The molecule has 0 saturated carbocycles. The van der Waals surface area contributed by atoms with E-state index in [2.05, 4.69) is 10.3 Å². The van der Waals surface area contributed by atoms with Crippen LogP contribution in [-0.4, -0.2) is 27.7 Å². The number of halogens is 6. The van der Waals surface area contributed by atoms with E-state index < -0.39 is 52.3 Å². The zero-order valence-corrected chi connectivity index (χ0v) is 20.4. The minimum Gasteiger partial charge on any atom is -0.480 e. The maximum absolute atomic E-state index is 15.2. The van der Waals surface area contributed by atoms with E-state index >= 15 is 4.39 Å². The molecule has 0 unspecified atom stereocenters. The van der Waals surface area contributed by atoms with Crippen molar-refractivity contribution < 1.29 is 31.5 Å². The lowest BCUT2D eigenvalue weighted by molar-refractivity contribution is -0.189. The number of benzene rings is 1. The number of alkyl halides is 3. The molecule has 6 nitrogen and oxygen atoms in total.